The molecule has 0 saturated carbocycles. The van der Waals surface area contributed by atoms with Crippen molar-refractivity contribution >= 4 is 40.4 Å². The number of ether oxygens (including phenoxy) is 1. The maximum absolute atomic E-state index is 11.5. The second-order valence-electron chi connectivity index (χ2n) is 3.35. The van der Waals surface area contributed by atoms with Crippen LogP contribution in [0.1, 0.15) is 12.0 Å². The predicted octanol–water partition coefficient (Wildman–Crippen LogP) is 1.95. The van der Waals surface area contributed by atoms with E-state index in [1.807, 2.05) is 0 Å². The minimum atomic E-state index is -0.172. The largest absolute Gasteiger partial charge is 0.389 e. The van der Waals surface area contributed by atoms with E-state index in [1.165, 1.54) is 7.11 Å². The first-order chi connectivity index (χ1) is 8.04. The van der Waals surface area contributed by atoms with E-state index in [4.69, 9.17) is 34.3 Å². The van der Waals surface area contributed by atoms with Crippen LogP contribution in [0.2, 0.25) is 5.02 Å². The van der Waals surface area contributed by atoms with Crippen LogP contribution in [0.5, 0.6) is 0 Å². The van der Waals surface area contributed by atoms with Crippen molar-refractivity contribution in [2.45, 2.75) is 6.42 Å². The summed E-state index contributed by atoms with van der Waals surface area (Å²) in [5.41, 5.74) is 6.66. The number of hydrogen-bond acceptors (Lipinski definition) is 3. The number of carbonyl (C=O) groups excluding carboxylic acids is 1. The van der Waals surface area contributed by atoms with Crippen molar-refractivity contribution < 1.29 is 9.53 Å². The summed E-state index contributed by atoms with van der Waals surface area (Å²) < 4.78 is 4.81. The first-order valence-corrected chi connectivity index (χ1v) is 5.71. The van der Waals surface area contributed by atoms with Crippen molar-refractivity contribution in [3.8, 4) is 0 Å². The van der Waals surface area contributed by atoms with Gasteiger partial charge in [-0.05, 0) is 12.1 Å². The Labute approximate surface area is 110 Å². The molecule has 1 aromatic carbocycles. The molecule has 92 valence electrons. The van der Waals surface area contributed by atoms with E-state index < -0.39 is 0 Å². The Morgan fingerprint density at radius 3 is 2.88 bits per heavy atom. The zero-order chi connectivity index (χ0) is 12.8. The number of halogens is 1. The Morgan fingerprint density at radius 1 is 1.59 bits per heavy atom. The van der Waals surface area contributed by atoms with Gasteiger partial charge < -0.3 is 15.8 Å². The summed E-state index contributed by atoms with van der Waals surface area (Å²) in [6.07, 6.45) is 0.268. The molecule has 1 rings (SSSR count). The number of nitrogens with one attached hydrogen (secondary N) is 1. The van der Waals surface area contributed by atoms with Crippen LogP contribution in [0, 0.1) is 0 Å². The van der Waals surface area contributed by atoms with E-state index in [-0.39, 0.29) is 17.3 Å². The fourth-order valence-corrected chi connectivity index (χ4v) is 1.47. The number of benzene rings is 1. The smallest absolute Gasteiger partial charge is 0.226 e. The van der Waals surface area contributed by atoms with Crippen molar-refractivity contribution in [2.75, 3.05) is 19.0 Å². The van der Waals surface area contributed by atoms with Crippen molar-refractivity contribution in [1.82, 2.24) is 0 Å². The molecule has 0 aliphatic carbocycles. The first kappa shape index (κ1) is 13.9. The fourth-order valence-electron chi connectivity index (χ4n) is 1.18. The Balaban J connectivity index is 2.79. The molecule has 6 heteroatoms. The topological polar surface area (TPSA) is 64.3 Å². The summed E-state index contributed by atoms with van der Waals surface area (Å²) in [5, 5.41) is 3.11. The van der Waals surface area contributed by atoms with Crippen molar-refractivity contribution in [3.05, 3.63) is 28.8 Å². The third-order valence-corrected chi connectivity index (χ3v) is 2.62. The number of amides is 1. The predicted molar refractivity (Wildman–Crippen MR) is 72.5 cm³/mol. The number of thiocarbonyl (C=S) groups is 1. The molecular formula is C11H13ClN2O2S. The molecule has 0 saturated heterocycles. The number of hydrogen-bond donors (Lipinski definition) is 2. The number of carbonyl (C=O) groups is 1. The van der Waals surface area contributed by atoms with E-state index in [9.17, 15) is 4.79 Å². The Morgan fingerprint density at radius 2 is 2.29 bits per heavy atom. The van der Waals surface area contributed by atoms with Crippen molar-refractivity contribution in [1.29, 1.82) is 0 Å². The average Bonchev–Trinajstić information content (AvgIpc) is 2.29. The average molecular weight is 273 g/mol. The maximum atomic E-state index is 11.5. The summed E-state index contributed by atoms with van der Waals surface area (Å²) in [5.74, 6) is -0.172. The molecule has 0 aliphatic rings. The second-order valence-corrected chi connectivity index (χ2v) is 4.20. The summed E-state index contributed by atoms with van der Waals surface area (Å²) in [6.45, 7) is 0.360. The van der Waals surface area contributed by atoms with E-state index >= 15 is 0 Å². The lowest BCUT2D eigenvalue weighted by Gasteiger charge is -2.08. The summed E-state index contributed by atoms with van der Waals surface area (Å²) >= 11 is 10.8. The fraction of sp³-hybridized carbons (Fsp3) is 0.273. The van der Waals surface area contributed by atoms with Crippen LogP contribution in [-0.4, -0.2) is 24.6 Å². The van der Waals surface area contributed by atoms with Gasteiger partial charge in [0.2, 0.25) is 5.91 Å². The Hall–Kier alpha value is -1.17. The van der Waals surface area contributed by atoms with Gasteiger partial charge in [-0.25, -0.2) is 0 Å². The molecule has 0 aromatic heterocycles. The third kappa shape index (κ3) is 4.30. The SMILES string of the molecule is COCCC(=O)Nc1cc(C(N)=S)ccc1Cl. The summed E-state index contributed by atoms with van der Waals surface area (Å²) in [6, 6.07) is 4.99. The molecule has 4 nitrogen and oxygen atoms in total. The third-order valence-electron chi connectivity index (χ3n) is 2.06. The molecule has 1 aromatic rings. The van der Waals surface area contributed by atoms with E-state index in [0.717, 1.165) is 0 Å². The highest BCUT2D eigenvalue weighted by Gasteiger charge is 2.07. The molecule has 0 fully saturated rings. The van der Waals surface area contributed by atoms with Gasteiger partial charge >= 0.3 is 0 Å². The lowest BCUT2D eigenvalue weighted by molar-refractivity contribution is -0.117. The molecule has 0 aliphatic heterocycles. The molecule has 0 heterocycles. The van der Waals surface area contributed by atoms with Crippen LogP contribution >= 0.6 is 23.8 Å². The van der Waals surface area contributed by atoms with Crippen LogP contribution in [0.4, 0.5) is 5.69 Å². The zero-order valence-corrected chi connectivity index (χ0v) is 10.9. The molecule has 0 spiro atoms. The van der Waals surface area contributed by atoms with Gasteiger partial charge in [0, 0.05) is 12.7 Å². The number of methoxy groups -OCH3 is 1. The van der Waals surface area contributed by atoms with Crippen LogP contribution < -0.4 is 11.1 Å². The second kappa shape index (κ2) is 6.54. The van der Waals surface area contributed by atoms with Gasteiger partial charge in [0.1, 0.15) is 4.99 Å². The van der Waals surface area contributed by atoms with Crippen LogP contribution in [0.25, 0.3) is 0 Å². The minimum Gasteiger partial charge on any atom is -0.389 e. The van der Waals surface area contributed by atoms with Gasteiger partial charge in [-0.2, -0.15) is 0 Å². The van der Waals surface area contributed by atoms with Gasteiger partial charge in [0.05, 0.1) is 23.7 Å². The van der Waals surface area contributed by atoms with Crippen molar-refractivity contribution in [3.63, 3.8) is 0 Å². The van der Waals surface area contributed by atoms with E-state index in [0.29, 0.717) is 22.9 Å². The van der Waals surface area contributed by atoms with E-state index in [2.05, 4.69) is 5.32 Å². The van der Waals surface area contributed by atoms with Gasteiger partial charge in [-0.1, -0.05) is 29.9 Å². The molecule has 1 amide bonds. The number of nitrogens with two attached hydrogens (primary N) is 1. The van der Waals surface area contributed by atoms with E-state index in [1.54, 1.807) is 18.2 Å². The molecule has 0 atom stereocenters. The molecule has 17 heavy (non-hydrogen) atoms. The highest BCUT2D eigenvalue weighted by molar-refractivity contribution is 7.80. The van der Waals surface area contributed by atoms with Crippen LogP contribution in [-0.2, 0) is 9.53 Å². The highest BCUT2D eigenvalue weighted by Crippen LogP contribution is 2.23. The normalized spacial score (nSPS) is 10.0. The van der Waals surface area contributed by atoms with Gasteiger partial charge in [0.15, 0.2) is 0 Å². The lowest BCUT2D eigenvalue weighted by Crippen LogP contribution is -2.15. The van der Waals surface area contributed by atoms with Crippen molar-refractivity contribution in [2.24, 2.45) is 5.73 Å². The van der Waals surface area contributed by atoms with Crippen LogP contribution in [0.3, 0.4) is 0 Å². The molecule has 0 bridgehead atoms. The summed E-state index contributed by atoms with van der Waals surface area (Å²) in [7, 11) is 1.54. The Kier molecular flexibility index (Phi) is 5.34. The molecular weight excluding hydrogens is 260 g/mol. The maximum Gasteiger partial charge on any atom is 0.226 e. The van der Waals surface area contributed by atoms with Gasteiger partial charge in [0.25, 0.3) is 0 Å². The number of anilines is 1. The standard InChI is InChI=1S/C11H13ClN2O2S/c1-16-5-4-10(15)14-9-6-7(11(13)17)2-3-8(9)12/h2-3,6H,4-5H2,1H3,(H2,13,17)(H,14,15). The molecule has 3 N–H and O–H groups in total. The quantitative estimate of drug-likeness (QED) is 0.804. The zero-order valence-electron chi connectivity index (χ0n) is 9.33. The minimum absolute atomic E-state index is 0.172. The van der Waals surface area contributed by atoms with Gasteiger partial charge in [-0.15, -0.1) is 0 Å². The summed E-state index contributed by atoms with van der Waals surface area (Å²) in [4.78, 5) is 11.7. The first-order valence-electron chi connectivity index (χ1n) is 4.92. The van der Waals surface area contributed by atoms with Crippen LogP contribution in [0.15, 0.2) is 18.2 Å². The molecule has 0 unspecified atom stereocenters. The Bertz CT molecular complexity index is 437. The lowest BCUT2D eigenvalue weighted by atomic mass is 10.2. The highest BCUT2D eigenvalue weighted by atomic mass is 35.5. The number of rotatable bonds is 5. The monoisotopic (exact) mass is 272 g/mol. The molecule has 0 radical (unpaired) electrons. The van der Waals surface area contributed by atoms with Gasteiger partial charge in [-0.3, -0.25) is 4.79 Å².